The Morgan fingerprint density at radius 1 is 1.71 bits per heavy atom. The molecule has 2 atom stereocenters. The zero-order chi connectivity index (χ0) is 10.6. The number of carbonyl (C=O) groups is 2. The fourth-order valence-electron chi connectivity index (χ4n) is 1.23. The number of ether oxygens (including phenoxy) is 3. The summed E-state index contributed by atoms with van der Waals surface area (Å²) < 4.78 is 14.5. The van der Waals surface area contributed by atoms with E-state index in [1.807, 2.05) is 6.92 Å². The Labute approximate surface area is 82.3 Å². The maximum absolute atomic E-state index is 11.4. The molecule has 5 nitrogen and oxygen atoms in total. The topological polar surface area (TPSA) is 61.8 Å². The van der Waals surface area contributed by atoms with Crippen molar-refractivity contribution in [2.75, 3.05) is 13.7 Å². The summed E-state index contributed by atoms with van der Waals surface area (Å²) in [6.45, 7) is 2.13. The Kier molecular flexibility index (Phi) is 3.88. The lowest BCUT2D eigenvalue weighted by atomic mass is 10.2. The van der Waals surface area contributed by atoms with Gasteiger partial charge in [0.2, 0.25) is 6.10 Å². The van der Waals surface area contributed by atoms with E-state index in [2.05, 4.69) is 4.74 Å². The number of hydrogen-bond donors (Lipinski definition) is 0. The highest BCUT2D eigenvalue weighted by Gasteiger charge is 2.32. The molecule has 1 rings (SSSR count). The van der Waals surface area contributed by atoms with Gasteiger partial charge in [-0.25, -0.2) is 9.59 Å². The molecule has 1 aliphatic rings. The zero-order valence-corrected chi connectivity index (χ0v) is 8.32. The Balaban J connectivity index is 2.43. The third kappa shape index (κ3) is 2.45. The molecule has 0 aliphatic carbocycles. The summed E-state index contributed by atoms with van der Waals surface area (Å²) in [6.07, 6.45) is -0.378. The second-order valence-electron chi connectivity index (χ2n) is 3.01. The largest absolute Gasteiger partial charge is 0.463 e. The first-order valence-corrected chi connectivity index (χ1v) is 4.59. The van der Waals surface area contributed by atoms with Crippen LogP contribution in [0.5, 0.6) is 0 Å². The van der Waals surface area contributed by atoms with Crippen molar-refractivity contribution < 1.29 is 23.8 Å². The van der Waals surface area contributed by atoms with E-state index in [0.29, 0.717) is 19.4 Å². The molecule has 0 bridgehead atoms. The normalized spacial score (nSPS) is 23.0. The van der Waals surface area contributed by atoms with Crippen molar-refractivity contribution >= 4 is 11.9 Å². The minimum Gasteiger partial charge on any atom is -0.463 e. The second-order valence-corrected chi connectivity index (χ2v) is 3.01. The van der Waals surface area contributed by atoms with Gasteiger partial charge in [0.25, 0.3) is 0 Å². The molecule has 0 amide bonds. The molecule has 0 radical (unpaired) electrons. The van der Waals surface area contributed by atoms with Gasteiger partial charge in [-0.05, 0) is 6.42 Å². The molecule has 0 aromatic heterocycles. The summed E-state index contributed by atoms with van der Waals surface area (Å²) in [5.41, 5.74) is 0. The average Bonchev–Trinajstić information content (AvgIpc) is 2.54. The van der Waals surface area contributed by atoms with Gasteiger partial charge in [0.05, 0.1) is 6.61 Å². The predicted octanol–water partition coefficient (Wildman–Crippen LogP) is 0.270. The van der Waals surface area contributed by atoms with Gasteiger partial charge >= 0.3 is 11.9 Å². The van der Waals surface area contributed by atoms with Crippen molar-refractivity contribution in [3.8, 4) is 0 Å². The van der Waals surface area contributed by atoms with E-state index < -0.39 is 24.1 Å². The van der Waals surface area contributed by atoms with Gasteiger partial charge in [-0.2, -0.15) is 0 Å². The molecule has 0 aromatic carbocycles. The van der Waals surface area contributed by atoms with E-state index in [9.17, 15) is 9.59 Å². The smallest absolute Gasteiger partial charge is 0.347 e. The average molecular weight is 202 g/mol. The van der Waals surface area contributed by atoms with Gasteiger partial charge in [-0.1, -0.05) is 6.92 Å². The molecule has 0 spiro atoms. The summed E-state index contributed by atoms with van der Waals surface area (Å²) in [6, 6.07) is 0. The molecular weight excluding hydrogens is 188 g/mol. The monoisotopic (exact) mass is 202 g/mol. The summed E-state index contributed by atoms with van der Waals surface area (Å²) in [7, 11) is 1.43. The molecule has 0 N–H and O–H groups in total. The zero-order valence-electron chi connectivity index (χ0n) is 8.32. The highest BCUT2D eigenvalue weighted by Crippen LogP contribution is 2.12. The number of hydrogen-bond acceptors (Lipinski definition) is 5. The Hall–Kier alpha value is -1.10. The van der Waals surface area contributed by atoms with E-state index in [0.717, 1.165) is 0 Å². The first kappa shape index (κ1) is 11.0. The number of carbonyl (C=O) groups excluding carboxylic acids is 2. The molecular formula is C9H14O5. The SMILES string of the molecule is CCC(OC)C(=O)OC1CCOC1=O. The molecule has 1 saturated heterocycles. The van der Waals surface area contributed by atoms with Crippen LogP contribution in [0.3, 0.4) is 0 Å². The van der Waals surface area contributed by atoms with Crippen molar-refractivity contribution in [3.05, 3.63) is 0 Å². The fraction of sp³-hybridized carbons (Fsp3) is 0.778. The maximum atomic E-state index is 11.4. The van der Waals surface area contributed by atoms with Crippen molar-refractivity contribution in [1.29, 1.82) is 0 Å². The molecule has 5 heteroatoms. The van der Waals surface area contributed by atoms with Crippen molar-refractivity contribution in [2.45, 2.75) is 32.0 Å². The number of rotatable bonds is 4. The van der Waals surface area contributed by atoms with Crippen molar-refractivity contribution in [1.82, 2.24) is 0 Å². The lowest BCUT2D eigenvalue weighted by Gasteiger charge is -2.14. The Morgan fingerprint density at radius 2 is 2.43 bits per heavy atom. The predicted molar refractivity (Wildman–Crippen MR) is 46.5 cm³/mol. The van der Waals surface area contributed by atoms with Crippen LogP contribution >= 0.6 is 0 Å². The minimum atomic E-state index is -0.744. The fourth-order valence-corrected chi connectivity index (χ4v) is 1.23. The van der Waals surface area contributed by atoms with E-state index >= 15 is 0 Å². The number of cyclic esters (lactones) is 1. The highest BCUT2D eigenvalue weighted by molar-refractivity contribution is 5.82. The third-order valence-electron chi connectivity index (χ3n) is 2.06. The highest BCUT2D eigenvalue weighted by atomic mass is 16.6. The second kappa shape index (κ2) is 4.95. The Bertz CT molecular complexity index is 221. The van der Waals surface area contributed by atoms with E-state index in [1.54, 1.807) is 0 Å². The van der Waals surface area contributed by atoms with Gasteiger partial charge in [0.1, 0.15) is 0 Å². The molecule has 14 heavy (non-hydrogen) atoms. The lowest BCUT2D eigenvalue weighted by molar-refractivity contribution is -0.168. The quantitative estimate of drug-likeness (QED) is 0.612. The van der Waals surface area contributed by atoms with E-state index in [4.69, 9.17) is 9.47 Å². The lowest BCUT2D eigenvalue weighted by Crippen LogP contribution is -2.31. The van der Waals surface area contributed by atoms with Crippen LogP contribution < -0.4 is 0 Å². The summed E-state index contributed by atoms with van der Waals surface area (Å²) in [4.78, 5) is 22.3. The number of methoxy groups -OCH3 is 1. The van der Waals surface area contributed by atoms with Crippen LogP contribution in [0.2, 0.25) is 0 Å². The summed E-state index contributed by atoms with van der Waals surface area (Å²) >= 11 is 0. The van der Waals surface area contributed by atoms with Crippen LogP contribution in [0, 0.1) is 0 Å². The first-order valence-electron chi connectivity index (χ1n) is 4.59. The van der Waals surface area contributed by atoms with Gasteiger partial charge in [0, 0.05) is 13.5 Å². The van der Waals surface area contributed by atoms with Gasteiger partial charge in [-0.3, -0.25) is 0 Å². The van der Waals surface area contributed by atoms with Crippen LogP contribution in [-0.4, -0.2) is 37.9 Å². The van der Waals surface area contributed by atoms with Crippen LogP contribution in [0.15, 0.2) is 0 Å². The summed E-state index contributed by atoms with van der Waals surface area (Å²) in [5.74, 6) is -0.969. The third-order valence-corrected chi connectivity index (χ3v) is 2.06. The first-order chi connectivity index (χ1) is 6.69. The molecule has 1 fully saturated rings. The molecule has 0 saturated carbocycles. The maximum Gasteiger partial charge on any atom is 0.347 e. The molecule has 1 aliphatic heterocycles. The van der Waals surface area contributed by atoms with Crippen molar-refractivity contribution in [3.63, 3.8) is 0 Å². The van der Waals surface area contributed by atoms with E-state index in [-0.39, 0.29) is 0 Å². The number of esters is 2. The van der Waals surface area contributed by atoms with Crippen LogP contribution in [0.1, 0.15) is 19.8 Å². The van der Waals surface area contributed by atoms with Crippen LogP contribution in [-0.2, 0) is 23.8 Å². The molecule has 80 valence electrons. The van der Waals surface area contributed by atoms with Crippen molar-refractivity contribution in [2.24, 2.45) is 0 Å². The Morgan fingerprint density at radius 3 is 2.86 bits per heavy atom. The van der Waals surface area contributed by atoms with Gasteiger partial charge < -0.3 is 14.2 Å². The van der Waals surface area contributed by atoms with Gasteiger partial charge in [0.15, 0.2) is 6.10 Å². The molecule has 2 unspecified atom stereocenters. The van der Waals surface area contributed by atoms with Gasteiger partial charge in [-0.15, -0.1) is 0 Å². The van der Waals surface area contributed by atoms with Crippen LogP contribution in [0.25, 0.3) is 0 Å². The summed E-state index contributed by atoms with van der Waals surface area (Å²) in [5, 5.41) is 0. The standard InChI is InChI=1S/C9H14O5/c1-3-6(12-2)9(11)14-7-4-5-13-8(7)10/h6-7H,3-5H2,1-2H3. The molecule has 0 aromatic rings. The van der Waals surface area contributed by atoms with Crippen LogP contribution in [0.4, 0.5) is 0 Å². The van der Waals surface area contributed by atoms with E-state index in [1.165, 1.54) is 7.11 Å². The minimum absolute atomic E-state index is 0.320. The molecule has 1 heterocycles.